The second-order valence-electron chi connectivity index (χ2n) is 4.13. The molecule has 0 amide bonds. The third-order valence-electron chi connectivity index (χ3n) is 2.43. The van der Waals surface area contributed by atoms with Crippen LogP contribution in [-0.4, -0.2) is 24.9 Å². The molecule has 114 valence electrons. The predicted octanol–water partition coefficient (Wildman–Crippen LogP) is 4.32. The van der Waals surface area contributed by atoms with E-state index >= 15 is 0 Å². The highest BCUT2D eigenvalue weighted by Crippen LogP contribution is 2.16. The summed E-state index contributed by atoms with van der Waals surface area (Å²) < 4.78 is 5.71. The molecule has 0 saturated carbocycles. The van der Waals surface area contributed by atoms with Crippen molar-refractivity contribution in [2.24, 2.45) is 10.7 Å². The minimum absolute atomic E-state index is 0.369. The monoisotopic (exact) mass is 270 g/mol. The summed E-state index contributed by atoms with van der Waals surface area (Å²) in [6.07, 6.45) is 6.34. The Bertz CT molecular complexity index is 247. The Labute approximate surface area is 120 Å². The molecule has 19 heavy (non-hydrogen) atoms. The molecule has 0 aromatic heterocycles. The maximum Gasteiger partial charge on any atom is 0.0998 e. The molecule has 3 nitrogen and oxygen atoms in total. The van der Waals surface area contributed by atoms with Gasteiger partial charge in [0.2, 0.25) is 0 Å². The molecule has 1 aliphatic rings. The van der Waals surface area contributed by atoms with Crippen molar-refractivity contribution in [1.29, 1.82) is 0 Å². The van der Waals surface area contributed by atoms with Crippen LogP contribution in [0, 0.1) is 0 Å². The molecule has 0 spiro atoms. The van der Waals surface area contributed by atoms with Gasteiger partial charge >= 0.3 is 0 Å². The summed E-state index contributed by atoms with van der Waals surface area (Å²) in [6, 6.07) is 0.369. The number of unbranched alkanes of at least 4 members (excludes halogenated alkanes) is 2. The molecule has 1 atom stereocenters. The summed E-state index contributed by atoms with van der Waals surface area (Å²) in [7, 11) is 0. The van der Waals surface area contributed by atoms with E-state index in [9.17, 15) is 0 Å². The number of ether oxygens (including phenoxy) is 1. The van der Waals surface area contributed by atoms with Crippen LogP contribution in [0.15, 0.2) is 16.8 Å². The van der Waals surface area contributed by atoms with E-state index in [1.165, 1.54) is 0 Å². The van der Waals surface area contributed by atoms with Crippen molar-refractivity contribution >= 4 is 5.71 Å². The van der Waals surface area contributed by atoms with Gasteiger partial charge in [-0.15, -0.1) is 0 Å². The largest absolute Gasteiger partial charge is 0.498 e. The highest BCUT2D eigenvalue weighted by Gasteiger charge is 2.11. The van der Waals surface area contributed by atoms with Crippen molar-refractivity contribution in [3.05, 3.63) is 11.8 Å². The second kappa shape index (κ2) is 15.2. The summed E-state index contributed by atoms with van der Waals surface area (Å²) in [5.41, 5.74) is 6.50. The van der Waals surface area contributed by atoms with Crippen molar-refractivity contribution in [3.8, 4) is 0 Å². The van der Waals surface area contributed by atoms with Crippen LogP contribution >= 0.6 is 0 Å². The van der Waals surface area contributed by atoms with Crippen LogP contribution in [-0.2, 0) is 4.74 Å². The van der Waals surface area contributed by atoms with Crippen molar-refractivity contribution in [2.45, 2.75) is 73.3 Å². The first-order chi connectivity index (χ1) is 9.22. The van der Waals surface area contributed by atoms with Gasteiger partial charge in [-0.05, 0) is 45.7 Å². The Kier molecular flexibility index (Phi) is 16.4. The molecule has 1 aliphatic heterocycles. The number of allylic oxidation sites excluding steroid dienone is 1. The van der Waals surface area contributed by atoms with Gasteiger partial charge in [0.15, 0.2) is 0 Å². The molecule has 0 aromatic carbocycles. The third-order valence-corrected chi connectivity index (χ3v) is 2.43. The summed E-state index contributed by atoms with van der Waals surface area (Å²) >= 11 is 0. The lowest BCUT2D eigenvalue weighted by Gasteiger charge is -2.17. The molecule has 3 heteroatoms. The minimum atomic E-state index is 0.369. The van der Waals surface area contributed by atoms with E-state index in [4.69, 9.17) is 10.5 Å². The Morgan fingerprint density at radius 3 is 2.37 bits per heavy atom. The molecule has 0 aromatic rings. The molecular formula is C16H34N2O. The maximum absolute atomic E-state index is 5.71. The van der Waals surface area contributed by atoms with Crippen molar-refractivity contribution in [1.82, 2.24) is 0 Å². The molecule has 1 unspecified atom stereocenters. The van der Waals surface area contributed by atoms with Crippen LogP contribution in [0.2, 0.25) is 0 Å². The lowest BCUT2D eigenvalue weighted by atomic mass is 10.1. The number of rotatable bonds is 6. The SMILES string of the molecule is CC.CC.CC1=NC(C)CC(OCCCCCN)=C1. The quantitative estimate of drug-likeness (QED) is 0.731. The lowest BCUT2D eigenvalue weighted by molar-refractivity contribution is 0.192. The number of dihydropyridines is 1. The molecule has 1 rings (SSSR count). The van der Waals surface area contributed by atoms with Gasteiger partial charge in [-0.1, -0.05) is 27.7 Å². The summed E-state index contributed by atoms with van der Waals surface area (Å²) in [5, 5.41) is 0. The molecular weight excluding hydrogens is 236 g/mol. The first-order valence-electron chi connectivity index (χ1n) is 7.80. The van der Waals surface area contributed by atoms with Gasteiger partial charge in [0.25, 0.3) is 0 Å². The van der Waals surface area contributed by atoms with Gasteiger partial charge in [-0.25, -0.2) is 0 Å². The van der Waals surface area contributed by atoms with E-state index in [0.717, 1.165) is 50.3 Å². The normalized spacial score (nSPS) is 17.1. The zero-order chi connectivity index (χ0) is 15.1. The Morgan fingerprint density at radius 2 is 1.84 bits per heavy atom. The van der Waals surface area contributed by atoms with Gasteiger partial charge < -0.3 is 10.5 Å². The number of hydrogen-bond acceptors (Lipinski definition) is 3. The van der Waals surface area contributed by atoms with E-state index in [1.54, 1.807) is 0 Å². The van der Waals surface area contributed by atoms with Gasteiger partial charge in [-0.2, -0.15) is 0 Å². The van der Waals surface area contributed by atoms with E-state index in [0.29, 0.717) is 6.04 Å². The van der Waals surface area contributed by atoms with Crippen LogP contribution in [0.25, 0.3) is 0 Å². The molecule has 0 radical (unpaired) electrons. The van der Waals surface area contributed by atoms with E-state index < -0.39 is 0 Å². The number of nitrogens with two attached hydrogens (primary N) is 1. The van der Waals surface area contributed by atoms with Gasteiger partial charge in [0.1, 0.15) is 0 Å². The van der Waals surface area contributed by atoms with Crippen LogP contribution in [0.4, 0.5) is 0 Å². The maximum atomic E-state index is 5.71. The fourth-order valence-electron chi connectivity index (χ4n) is 1.74. The van der Waals surface area contributed by atoms with E-state index in [1.807, 2.05) is 40.7 Å². The standard InChI is InChI=1S/C12H22N2O.2C2H6/c1-10-8-12(9-11(2)14-10)15-7-5-3-4-6-13;2*1-2/h8,11H,3-7,9,13H2,1-2H3;2*1-2H3. The highest BCUT2D eigenvalue weighted by molar-refractivity contribution is 5.93. The Balaban J connectivity index is 0. The summed E-state index contributed by atoms with van der Waals surface area (Å²) in [5.74, 6) is 1.09. The average Bonchev–Trinajstić information content (AvgIpc) is 2.42. The molecule has 2 N–H and O–H groups in total. The van der Waals surface area contributed by atoms with Crippen LogP contribution in [0.3, 0.4) is 0 Å². The smallest absolute Gasteiger partial charge is 0.0998 e. The zero-order valence-electron chi connectivity index (χ0n) is 13.8. The number of hydrogen-bond donors (Lipinski definition) is 1. The number of aliphatic imine (C=N–C) groups is 1. The Morgan fingerprint density at radius 1 is 1.21 bits per heavy atom. The lowest BCUT2D eigenvalue weighted by Crippen LogP contribution is -2.12. The third kappa shape index (κ3) is 12.0. The van der Waals surface area contributed by atoms with Gasteiger partial charge in [0.05, 0.1) is 18.4 Å². The van der Waals surface area contributed by atoms with Crippen LogP contribution in [0.1, 0.15) is 67.2 Å². The zero-order valence-corrected chi connectivity index (χ0v) is 13.8. The fraction of sp³-hybridized carbons (Fsp3) is 0.812. The van der Waals surface area contributed by atoms with Crippen LogP contribution in [0.5, 0.6) is 0 Å². The fourth-order valence-corrected chi connectivity index (χ4v) is 1.74. The number of nitrogens with zero attached hydrogens (tertiary/aromatic N) is 1. The minimum Gasteiger partial charge on any atom is -0.498 e. The van der Waals surface area contributed by atoms with E-state index in [-0.39, 0.29) is 0 Å². The van der Waals surface area contributed by atoms with E-state index in [2.05, 4.69) is 11.9 Å². The molecule has 1 heterocycles. The first kappa shape index (κ1) is 20.5. The first-order valence-corrected chi connectivity index (χ1v) is 7.80. The van der Waals surface area contributed by atoms with Gasteiger partial charge in [-0.3, -0.25) is 4.99 Å². The topological polar surface area (TPSA) is 47.6 Å². The Hall–Kier alpha value is -0.830. The van der Waals surface area contributed by atoms with Crippen molar-refractivity contribution < 1.29 is 4.74 Å². The van der Waals surface area contributed by atoms with Crippen molar-refractivity contribution in [3.63, 3.8) is 0 Å². The van der Waals surface area contributed by atoms with Gasteiger partial charge in [0, 0.05) is 12.1 Å². The molecule has 0 bridgehead atoms. The summed E-state index contributed by atoms with van der Waals surface area (Å²) in [4.78, 5) is 4.43. The second-order valence-corrected chi connectivity index (χ2v) is 4.13. The highest BCUT2D eigenvalue weighted by atomic mass is 16.5. The van der Waals surface area contributed by atoms with Crippen LogP contribution < -0.4 is 5.73 Å². The summed E-state index contributed by atoms with van der Waals surface area (Å²) in [6.45, 7) is 13.7. The molecule has 0 saturated heterocycles. The molecule has 0 aliphatic carbocycles. The van der Waals surface area contributed by atoms with Crippen molar-refractivity contribution in [2.75, 3.05) is 13.2 Å². The predicted molar refractivity (Wildman–Crippen MR) is 86.8 cm³/mol. The molecule has 0 fully saturated rings. The average molecular weight is 270 g/mol.